The quantitative estimate of drug-likeness (QED) is 0.645. The molecule has 5 nitrogen and oxygen atoms in total. The Morgan fingerprint density at radius 2 is 2.23 bits per heavy atom. The van der Waals surface area contributed by atoms with E-state index in [2.05, 4.69) is 17.3 Å². The zero-order chi connectivity index (χ0) is 10.7. The summed E-state index contributed by atoms with van der Waals surface area (Å²) in [5.74, 6) is 0. The maximum atomic E-state index is 8.78. The van der Waals surface area contributed by atoms with E-state index in [1.807, 2.05) is 18.7 Å². The van der Waals surface area contributed by atoms with Gasteiger partial charge >= 0.3 is 6.09 Å². The van der Waals surface area contributed by atoms with Crippen molar-refractivity contribution in [2.24, 2.45) is 10.7 Å². The van der Waals surface area contributed by atoms with E-state index in [4.69, 9.17) is 9.90 Å². The van der Waals surface area contributed by atoms with E-state index >= 15 is 0 Å². The van der Waals surface area contributed by atoms with Gasteiger partial charge in [0.15, 0.2) is 0 Å². The molecule has 0 atom stereocenters. The van der Waals surface area contributed by atoms with Crippen LogP contribution >= 0.6 is 0 Å². The molecule has 0 saturated carbocycles. The third kappa shape index (κ3) is 13.5. The summed E-state index contributed by atoms with van der Waals surface area (Å²) in [5, 5.41) is 7.19. The topological polar surface area (TPSA) is 78.9 Å². The molecule has 0 aromatic heterocycles. The molecule has 1 aliphatic rings. The van der Waals surface area contributed by atoms with Gasteiger partial charge in [-0.25, -0.2) is 4.79 Å². The summed E-state index contributed by atoms with van der Waals surface area (Å²) >= 11 is 0. The van der Waals surface area contributed by atoms with E-state index in [9.17, 15) is 0 Å². The van der Waals surface area contributed by atoms with Crippen LogP contribution in [0.4, 0.5) is 4.79 Å². The fourth-order valence-corrected chi connectivity index (χ4v) is 0.532. The minimum atomic E-state index is -1.33. The molecule has 3 N–H and O–H groups in total. The molecule has 0 spiro atoms. The first-order valence-electron chi connectivity index (χ1n) is 4.03. The van der Waals surface area contributed by atoms with E-state index in [0.717, 1.165) is 13.1 Å². The normalized spacial score (nSPS) is 12.0. The highest BCUT2D eigenvalue weighted by Crippen LogP contribution is 1.90. The Labute approximate surface area is 78.6 Å². The Balaban J connectivity index is 0. The van der Waals surface area contributed by atoms with Gasteiger partial charge in [-0.05, 0) is 6.20 Å². The van der Waals surface area contributed by atoms with Crippen LogP contribution in [0.25, 0.3) is 0 Å². The van der Waals surface area contributed by atoms with Crippen LogP contribution in [0.1, 0.15) is 13.8 Å². The molecular formula is C8H17N3O2. The first kappa shape index (κ1) is 14.0. The molecule has 1 aliphatic heterocycles. The predicted octanol–water partition coefficient (Wildman–Crippen LogP) is 1.12. The van der Waals surface area contributed by atoms with Crippen molar-refractivity contribution in [3.8, 4) is 0 Å². The molecule has 1 amide bonds. The number of primary amides is 1. The molecule has 0 fully saturated rings. The smallest absolute Gasteiger partial charge is 0.402 e. The first-order chi connectivity index (χ1) is 6.16. The van der Waals surface area contributed by atoms with Gasteiger partial charge in [0.05, 0.1) is 12.9 Å². The Bertz CT molecular complexity index is 165. The van der Waals surface area contributed by atoms with Crippen molar-refractivity contribution >= 4 is 12.4 Å². The monoisotopic (exact) mass is 187 g/mol. The van der Waals surface area contributed by atoms with E-state index in [-0.39, 0.29) is 0 Å². The number of carboxylic acid groups (broad SMARTS) is 1. The number of hydrogen-bond acceptors (Lipinski definition) is 3. The number of amides is 1. The average molecular weight is 187 g/mol. The second-order valence-corrected chi connectivity index (χ2v) is 1.78. The van der Waals surface area contributed by atoms with E-state index in [1.165, 1.54) is 0 Å². The Hall–Kier alpha value is -1.52. The Morgan fingerprint density at radius 1 is 1.77 bits per heavy atom. The second-order valence-electron chi connectivity index (χ2n) is 1.78. The molecule has 0 aromatic carbocycles. The maximum Gasteiger partial charge on any atom is 0.402 e. The molecule has 13 heavy (non-hydrogen) atoms. The molecule has 1 heterocycles. The van der Waals surface area contributed by atoms with E-state index < -0.39 is 6.09 Å². The summed E-state index contributed by atoms with van der Waals surface area (Å²) in [5.41, 5.74) is 4.03. The van der Waals surface area contributed by atoms with Crippen molar-refractivity contribution < 1.29 is 9.90 Å². The SMILES string of the molecule is C=CN1C=NCC1.CC.NC(=O)O. The molecule has 0 saturated heterocycles. The highest BCUT2D eigenvalue weighted by molar-refractivity contribution is 5.61. The third-order valence-electron chi connectivity index (χ3n) is 0.952. The Kier molecular flexibility index (Phi) is 11.3. The molecule has 5 heteroatoms. The van der Waals surface area contributed by atoms with Gasteiger partial charge in [0.2, 0.25) is 0 Å². The molecule has 0 aliphatic carbocycles. The van der Waals surface area contributed by atoms with Crippen LogP contribution in [0.2, 0.25) is 0 Å². The highest BCUT2D eigenvalue weighted by atomic mass is 16.4. The lowest BCUT2D eigenvalue weighted by Crippen LogP contribution is -2.09. The molecule has 0 radical (unpaired) electrons. The van der Waals surface area contributed by atoms with Crippen molar-refractivity contribution in [3.63, 3.8) is 0 Å². The van der Waals surface area contributed by atoms with Gasteiger partial charge in [-0.15, -0.1) is 0 Å². The van der Waals surface area contributed by atoms with Crippen LogP contribution in [-0.4, -0.2) is 35.5 Å². The van der Waals surface area contributed by atoms with Crippen molar-refractivity contribution in [2.45, 2.75) is 13.8 Å². The first-order valence-corrected chi connectivity index (χ1v) is 4.03. The fourth-order valence-electron chi connectivity index (χ4n) is 0.532. The highest BCUT2D eigenvalue weighted by Gasteiger charge is 1.96. The number of rotatable bonds is 1. The Morgan fingerprint density at radius 3 is 2.38 bits per heavy atom. The second kappa shape index (κ2) is 10.5. The van der Waals surface area contributed by atoms with Gasteiger partial charge in [-0.2, -0.15) is 0 Å². The minimum absolute atomic E-state index is 0.923. The number of nitrogens with zero attached hydrogens (tertiary/aromatic N) is 2. The lowest BCUT2D eigenvalue weighted by Gasteiger charge is -2.02. The predicted molar refractivity (Wildman–Crippen MR) is 53.8 cm³/mol. The van der Waals surface area contributed by atoms with Crippen LogP contribution in [0.5, 0.6) is 0 Å². The van der Waals surface area contributed by atoms with E-state index in [0.29, 0.717) is 0 Å². The van der Waals surface area contributed by atoms with Crippen LogP contribution in [-0.2, 0) is 0 Å². The fraction of sp³-hybridized carbons (Fsp3) is 0.500. The number of nitrogens with two attached hydrogens (primary N) is 1. The van der Waals surface area contributed by atoms with Crippen molar-refractivity contribution in [2.75, 3.05) is 13.1 Å². The van der Waals surface area contributed by atoms with Crippen molar-refractivity contribution in [1.29, 1.82) is 0 Å². The van der Waals surface area contributed by atoms with Crippen LogP contribution in [0.3, 0.4) is 0 Å². The molecule has 1 rings (SSSR count). The van der Waals surface area contributed by atoms with Crippen LogP contribution in [0, 0.1) is 0 Å². The van der Waals surface area contributed by atoms with Gasteiger partial charge in [-0.1, -0.05) is 20.4 Å². The summed E-state index contributed by atoms with van der Waals surface area (Å²) in [7, 11) is 0. The van der Waals surface area contributed by atoms with Gasteiger partial charge < -0.3 is 15.7 Å². The summed E-state index contributed by atoms with van der Waals surface area (Å²) in [4.78, 5) is 14.7. The standard InChI is InChI=1S/C5H8N2.C2H6.CH3NO2/c1-2-7-4-3-6-5-7;1-2;2-1(3)4/h2,5H,1,3-4H2;1-2H3;2H2,(H,3,4). The average Bonchev–Trinajstić information content (AvgIpc) is 2.58. The number of carbonyl (C=O) groups is 1. The summed E-state index contributed by atoms with van der Waals surface area (Å²) in [6.45, 7) is 9.50. The summed E-state index contributed by atoms with van der Waals surface area (Å²) < 4.78 is 0. The lowest BCUT2D eigenvalue weighted by molar-refractivity contribution is 0.205. The summed E-state index contributed by atoms with van der Waals surface area (Å²) in [6.07, 6.45) is 2.24. The largest absolute Gasteiger partial charge is 0.465 e. The number of hydrogen-bond donors (Lipinski definition) is 2. The summed E-state index contributed by atoms with van der Waals surface area (Å²) in [6, 6.07) is 0. The van der Waals surface area contributed by atoms with Gasteiger partial charge in [0.1, 0.15) is 0 Å². The van der Waals surface area contributed by atoms with Gasteiger partial charge in [0, 0.05) is 6.54 Å². The molecule has 0 unspecified atom stereocenters. The van der Waals surface area contributed by atoms with Gasteiger partial charge in [-0.3, -0.25) is 4.99 Å². The van der Waals surface area contributed by atoms with Crippen molar-refractivity contribution in [3.05, 3.63) is 12.8 Å². The number of aliphatic imine (C=N–C) groups is 1. The zero-order valence-electron chi connectivity index (χ0n) is 8.10. The van der Waals surface area contributed by atoms with Gasteiger partial charge in [0.25, 0.3) is 0 Å². The van der Waals surface area contributed by atoms with Crippen LogP contribution < -0.4 is 5.73 Å². The molecule has 76 valence electrons. The molecular weight excluding hydrogens is 170 g/mol. The maximum absolute atomic E-state index is 8.78. The van der Waals surface area contributed by atoms with E-state index in [1.54, 1.807) is 12.5 Å². The molecule has 0 aromatic rings. The minimum Gasteiger partial charge on any atom is -0.465 e. The van der Waals surface area contributed by atoms with Crippen molar-refractivity contribution in [1.82, 2.24) is 4.90 Å². The lowest BCUT2D eigenvalue weighted by atomic mass is 10.6. The molecule has 0 bridgehead atoms. The zero-order valence-corrected chi connectivity index (χ0v) is 8.10. The third-order valence-corrected chi connectivity index (χ3v) is 0.952. The van der Waals surface area contributed by atoms with Crippen LogP contribution in [0.15, 0.2) is 17.8 Å².